The van der Waals surface area contributed by atoms with Gasteiger partial charge in [-0.15, -0.1) is 5.10 Å². The Morgan fingerprint density at radius 1 is 1.18 bits per heavy atom. The molecule has 180 valence electrons. The molecule has 0 saturated carbocycles. The molecule has 34 heavy (non-hydrogen) atoms. The zero-order valence-electron chi connectivity index (χ0n) is 20.2. The van der Waals surface area contributed by atoms with E-state index in [1.54, 1.807) is 19.2 Å². The zero-order chi connectivity index (χ0) is 24.6. The number of hydrogen-bond acceptors (Lipinski definition) is 8. The minimum absolute atomic E-state index is 0.0415. The Bertz CT molecular complexity index is 1110. The molecule has 0 bridgehead atoms. The summed E-state index contributed by atoms with van der Waals surface area (Å²) < 4.78 is 7.02. The number of aryl methyl sites for hydroxylation is 1. The van der Waals surface area contributed by atoms with Gasteiger partial charge in [-0.3, -0.25) is 4.79 Å². The number of pyridine rings is 1. The molecule has 1 atom stereocenters. The SMILES string of the molecule is CCOCC(C)C(C)(C)C(=O)Nc1cccc(CON=C(c2ccccc2)c2nnnn2C)n1. The van der Waals surface area contributed by atoms with Crippen LogP contribution in [0.25, 0.3) is 0 Å². The maximum Gasteiger partial charge on any atom is 0.231 e. The standard InChI is InChI=1S/C24H31N7O3/c1-6-33-15-17(2)24(3,4)23(32)26-20-14-10-13-19(25-20)16-34-28-21(18-11-8-7-9-12-18)22-27-29-30-31(22)5/h7-14,17H,6,15-16H2,1-5H3,(H,25,26,32). The van der Waals surface area contributed by atoms with Crippen LogP contribution in [0.4, 0.5) is 5.82 Å². The minimum atomic E-state index is -0.623. The second kappa shape index (κ2) is 11.5. The number of carbonyl (C=O) groups is 1. The largest absolute Gasteiger partial charge is 0.389 e. The molecule has 3 aromatic rings. The van der Waals surface area contributed by atoms with Crippen molar-refractivity contribution in [2.75, 3.05) is 18.5 Å². The van der Waals surface area contributed by atoms with Gasteiger partial charge >= 0.3 is 0 Å². The van der Waals surface area contributed by atoms with Crippen LogP contribution in [0.1, 0.15) is 44.8 Å². The summed E-state index contributed by atoms with van der Waals surface area (Å²) in [6, 6.07) is 14.9. The number of tetrazole rings is 1. The van der Waals surface area contributed by atoms with Gasteiger partial charge in [-0.1, -0.05) is 62.3 Å². The summed E-state index contributed by atoms with van der Waals surface area (Å²) >= 11 is 0. The molecular weight excluding hydrogens is 434 g/mol. The summed E-state index contributed by atoms with van der Waals surface area (Å²) in [5.41, 5.74) is 1.31. The third-order valence-electron chi connectivity index (χ3n) is 5.68. The quantitative estimate of drug-likeness (QED) is 0.341. The number of ether oxygens (including phenoxy) is 1. The van der Waals surface area contributed by atoms with Crippen LogP contribution in [-0.4, -0.2) is 50.0 Å². The van der Waals surface area contributed by atoms with Crippen LogP contribution in [-0.2, 0) is 28.0 Å². The van der Waals surface area contributed by atoms with Crippen LogP contribution in [0.5, 0.6) is 0 Å². The molecule has 0 spiro atoms. The lowest BCUT2D eigenvalue weighted by atomic mass is 9.79. The van der Waals surface area contributed by atoms with Crippen molar-refractivity contribution in [3.63, 3.8) is 0 Å². The van der Waals surface area contributed by atoms with E-state index < -0.39 is 5.41 Å². The smallest absolute Gasteiger partial charge is 0.231 e. The topological polar surface area (TPSA) is 116 Å². The first-order chi connectivity index (χ1) is 16.3. The Morgan fingerprint density at radius 3 is 2.62 bits per heavy atom. The number of rotatable bonds is 11. The van der Waals surface area contributed by atoms with Crippen molar-refractivity contribution >= 4 is 17.4 Å². The Hall–Kier alpha value is -3.66. The first kappa shape index (κ1) is 25.0. The lowest BCUT2D eigenvalue weighted by Gasteiger charge is -2.30. The van der Waals surface area contributed by atoms with Crippen LogP contribution < -0.4 is 5.32 Å². The van der Waals surface area contributed by atoms with E-state index in [0.29, 0.717) is 36.3 Å². The summed E-state index contributed by atoms with van der Waals surface area (Å²) in [4.78, 5) is 23.0. The van der Waals surface area contributed by atoms with E-state index >= 15 is 0 Å². The first-order valence-corrected chi connectivity index (χ1v) is 11.2. The van der Waals surface area contributed by atoms with Crippen LogP contribution in [0.2, 0.25) is 0 Å². The molecule has 3 rings (SSSR count). The summed E-state index contributed by atoms with van der Waals surface area (Å²) in [5, 5.41) is 18.8. The summed E-state index contributed by atoms with van der Waals surface area (Å²) in [6.45, 7) is 8.99. The molecule has 1 N–H and O–H groups in total. The number of oxime groups is 1. The second-order valence-electron chi connectivity index (χ2n) is 8.46. The van der Waals surface area contributed by atoms with E-state index in [4.69, 9.17) is 9.57 Å². The van der Waals surface area contributed by atoms with Crippen LogP contribution in [0.15, 0.2) is 53.7 Å². The van der Waals surface area contributed by atoms with Gasteiger partial charge < -0.3 is 14.9 Å². The number of nitrogens with one attached hydrogen (secondary N) is 1. The van der Waals surface area contributed by atoms with Crippen molar-refractivity contribution in [2.24, 2.45) is 23.5 Å². The van der Waals surface area contributed by atoms with Gasteiger partial charge in [0.05, 0.1) is 12.3 Å². The number of nitrogens with zero attached hydrogens (tertiary/aromatic N) is 6. The fourth-order valence-corrected chi connectivity index (χ4v) is 3.05. The average Bonchev–Trinajstić information content (AvgIpc) is 3.26. The monoisotopic (exact) mass is 465 g/mol. The van der Waals surface area contributed by atoms with E-state index in [0.717, 1.165) is 5.56 Å². The molecule has 1 aromatic carbocycles. The van der Waals surface area contributed by atoms with Crippen molar-refractivity contribution in [3.8, 4) is 0 Å². The number of benzene rings is 1. The third kappa shape index (κ3) is 6.22. The van der Waals surface area contributed by atoms with Gasteiger partial charge in [-0.25, -0.2) is 9.67 Å². The molecule has 0 radical (unpaired) electrons. The number of anilines is 1. The molecule has 1 amide bonds. The number of amides is 1. The molecule has 0 fully saturated rings. The highest BCUT2D eigenvalue weighted by atomic mass is 16.6. The summed E-state index contributed by atoms with van der Waals surface area (Å²) in [6.07, 6.45) is 0. The van der Waals surface area contributed by atoms with Crippen molar-refractivity contribution in [1.82, 2.24) is 25.2 Å². The Kier molecular flexibility index (Phi) is 8.42. The van der Waals surface area contributed by atoms with Crippen molar-refractivity contribution < 1.29 is 14.4 Å². The van der Waals surface area contributed by atoms with E-state index in [-0.39, 0.29) is 18.4 Å². The van der Waals surface area contributed by atoms with E-state index in [1.807, 2.05) is 64.1 Å². The average molecular weight is 466 g/mol. The highest BCUT2D eigenvalue weighted by Gasteiger charge is 2.34. The number of carbonyl (C=O) groups excluding carboxylic acids is 1. The molecule has 10 nitrogen and oxygen atoms in total. The van der Waals surface area contributed by atoms with Crippen molar-refractivity contribution in [1.29, 1.82) is 0 Å². The molecular formula is C24H31N7O3. The fraction of sp³-hybridized carbons (Fsp3) is 0.417. The molecule has 0 aliphatic rings. The summed E-state index contributed by atoms with van der Waals surface area (Å²) in [7, 11) is 1.73. The summed E-state index contributed by atoms with van der Waals surface area (Å²) in [5.74, 6) is 0.848. The van der Waals surface area contributed by atoms with Gasteiger partial charge in [-0.05, 0) is 35.4 Å². The Morgan fingerprint density at radius 2 is 1.94 bits per heavy atom. The lowest BCUT2D eigenvalue weighted by molar-refractivity contribution is -0.127. The van der Waals surface area contributed by atoms with E-state index in [2.05, 4.69) is 31.0 Å². The normalized spacial score (nSPS) is 12.9. The van der Waals surface area contributed by atoms with E-state index in [1.165, 1.54) is 4.68 Å². The highest BCUT2D eigenvalue weighted by Crippen LogP contribution is 2.28. The van der Waals surface area contributed by atoms with Gasteiger partial charge in [0, 0.05) is 24.6 Å². The molecule has 2 heterocycles. The predicted molar refractivity (Wildman–Crippen MR) is 128 cm³/mol. The molecule has 2 aromatic heterocycles. The van der Waals surface area contributed by atoms with Gasteiger partial charge in [0.2, 0.25) is 11.7 Å². The molecule has 0 aliphatic heterocycles. The maximum absolute atomic E-state index is 12.9. The molecule has 0 saturated heterocycles. The minimum Gasteiger partial charge on any atom is -0.389 e. The number of aromatic nitrogens is 5. The molecule has 0 aliphatic carbocycles. The first-order valence-electron chi connectivity index (χ1n) is 11.2. The lowest BCUT2D eigenvalue weighted by Crippen LogP contribution is -2.38. The van der Waals surface area contributed by atoms with Crippen molar-refractivity contribution in [2.45, 2.75) is 34.3 Å². The zero-order valence-corrected chi connectivity index (χ0v) is 20.2. The predicted octanol–water partition coefficient (Wildman–Crippen LogP) is 3.21. The van der Waals surface area contributed by atoms with Gasteiger partial charge in [0.15, 0.2) is 12.3 Å². The van der Waals surface area contributed by atoms with Crippen LogP contribution >= 0.6 is 0 Å². The van der Waals surface area contributed by atoms with Gasteiger partial charge in [0.1, 0.15) is 5.82 Å². The van der Waals surface area contributed by atoms with Crippen LogP contribution in [0, 0.1) is 11.3 Å². The van der Waals surface area contributed by atoms with E-state index in [9.17, 15) is 4.79 Å². The third-order valence-corrected chi connectivity index (χ3v) is 5.68. The Balaban J connectivity index is 1.69. The van der Waals surface area contributed by atoms with Crippen molar-refractivity contribution in [3.05, 3.63) is 65.6 Å². The highest BCUT2D eigenvalue weighted by molar-refractivity contribution is 6.10. The number of hydrogen-bond donors (Lipinski definition) is 1. The van der Waals surface area contributed by atoms with Gasteiger partial charge in [0.25, 0.3) is 0 Å². The molecule has 10 heteroatoms. The Labute approximate surface area is 199 Å². The second-order valence-corrected chi connectivity index (χ2v) is 8.46. The molecule has 1 unspecified atom stereocenters. The fourth-order valence-electron chi connectivity index (χ4n) is 3.05. The van der Waals surface area contributed by atoms with Crippen LogP contribution in [0.3, 0.4) is 0 Å². The van der Waals surface area contributed by atoms with Gasteiger partial charge in [-0.2, -0.15) is 0 Å². The maximum atomic E-state index is 12.9.